The van der Waals surface area contributed by atoms with E-state index in [1.165, 1.54) is 43.1 Å². The van der Waals surface area contributed by atoms with Crippen molar-refractivity contribution in [1.82, 2.24) is 14.5 Å². The van der Waals surface area contributed by atoms with Crippen molar-refractivity contribution in [3.63, 3.8) is 0 Å². The Kier molecular flexibility index (Phi) is 4.39. The maximum absolute atomic E-state index is 4.80. The molecule has 4 heterocycles. The van der Waals surface area contributed by atoms with Crippen LogP contribution in [-0.4, -0.2) is 14.5 Å². The smallest absolute Gasteiger partial charge is 0.0887 e. The molecule has 3 nitrogen and oxygen atoms in total. The van der Waals surface area contributed by atoms with E-state index in [2.05, 4.69) is 94.5 Å². The van der Waals surface area contributed by atoms with Gasteiger partial charge in [-0.1, -0.05) is 72.4 Å². The minimum atomic E-state index is 0.869. The third-order valence-corrected chi connectivity index (χ3v) is 7.48. The Morgan fingerprint density at radius 2 is 1.29 bits per heavy atom. The molecule has 0 spiro atoms. The number of hydrogen-bond acceptors (Lipinski definition) is 3. The van der Waals surface area contributed by atoms with Crippen LogP contribution in [0.4, 0.5) is 0 Å². The average molecular weight is 454 g/mol. The highest BCUT2D eigenvalue weighted by atomic mass is 32.2. The molecule has 34 heavy (non-hydrogen) atoms. The molecule has 1 aliphatic heterocycles. The van der Waals surface area contributed by atoms with Gasteiger partial charge in [0.25, 0.3) is 0 Å². The highest BCUT2D eigenvalue weighted by molar-refractivity contribution is 7.99. The van der Waals surface area contributed by atoms with Gasteiger partial charge in [-0.05, 0) is 48.0 Å². The predicted molar refractivity (Wildman–Crippen MR) is 139 cm³/mol. The number of rotatable bonds is 2. The Morgan fingerprint density at radius 3 is 2.09 bits per heavy atom. The molecule has 6 aromatic rings. The Balaban J connectivity index is 1.56. The fourth-order valence-electron chi connectivity index (χ4n) is 4.85. The van der Waals surface area contributed by atoms with E-state index in [4.69, 9.17) is 4.98 Å². The van der Waals surface area contributed by atoms with Crippen molar-refractivity contribution in [1.29, 1.82) is 0 Å². The molecule has 0 bridgehead atoms. The topological polar surface area (TPSA) is 30.7 Å². The lowest BCUT2D eigenvalue weighted by molar-refractivity contribution is 1.10. The van der Waals surface area contributed by atoms with Gasteiger partial charge in [0.05, 0.1) is 34.5 Å². The molecule has 0 amide bonds. The van der Waals surface area contributed by atoms with E-state index < -0.39 is 0 Å². The van der Waals surface area contributed by atoms with Crippen LogP contribution in [0.25, 0.3) is 50.4 Å². The van der Waals surface area contributed by atoms with E-state index in [0.717, 1.165) is 17.1 Å². The van der Waals surface area contributed by atoms with Gasteiger partial charge >= 0.3 is 0 Å². The molecule has 7 rings (SSSR count). The van der Waals surface area contributed by atoms with Crippen LogP contribution < -0.4 is 0 Å². The number of fused-ring (bicyclic) bond motifs is 7. The standard InChI is InChI=1S/C30H19N3S/c1-4-13-26-21(9-1)29-22-10-2-5-14-27(22)34-28-15-6-3-11-23(28)30(29)33(26)20-16-17-25(32-19-20)24-12-7-8-18-31-24/h1-19H. The van der Waals surface area contributed by atoms with Crippen molar-refractivity contribution in [3.05, 3.63) is 116 Å². The van der Waals surface area contributed by atoms with Gasteiger partial charge in [-0.15, -0.1) is 0 Å². The van der Waals surface area contributed by atoms with E-state index in [1.807, 2.05) is 36.2 Å². The molecule has 0 radical (unpaired) electrons. The first-order valence-corrected chi connectivity index (χ1v) is 12.1. The lowest BCUT2D eigenvalue weighted by Gasteiger charge is -2.14. The summed E-state index contributed by atoms with van der Waals surface area (Å²) in [4.78, 5) is 11.8. The molecular formula is C30H19N3S. The second-order valence-corrected chi connectivity index (χ2v) is 9.37. The average Bonchev–Trinajstić information content (AvgIpc) is 3.17. The number of aromatic nitrogens is 3. The first-order chi connectivity index (χ1) is 16.9. The van der Waals surface area contributed by atoms with E-state index in [0.29, 0.717) is 0 Å². The number of hydrogen-bond donors (Lipinski definition) is 0. The van der Waals surface area contributed by atoms with Crippen molar-refractivity contribution >= 4 is 22.7 Å². The third kappa shape index (κ3) is 2.93. The zero-order chi connectivity index (χ0) is 22.5. The van der Waals surface area contributed by atoms with Gasteiger partial charge in [0.15, 0.2) is 0 Å². The van der Waals surface area contributed by atoms with Gasteiger partial charge in [0, 0.05) is 32.5 Å². The van der Waals surface area contributed by atoms with Crippen LogP contribution in [0.2, 0.25) is 0 Å². The van der Waals surface area contributed by atoms with Crippen molar-refractivity contribution in [2.45, 2.75) is 9.79 Å². The monoisotopic (exact) mass is 453 g/mol. The molecule has 160 valence electrons. The fraction of sp³-hybridized carbons (Fsp3) is 0. The Hall–Kier alpha value is -4.15. The Bertz CT molecular complexity index is 1670. The van der Waals surface area contributed by atoms with E-state index in [9.17, 15) is 0 Å². The van der Waals surface area contributed by atoms with Crippen molar-refractivity contribution in [2.24, 2.45) is 0 Å². The predicted octanol–water partition coefficient (Wildman–Crippen LogP) is 7.89. The second kappa shape index (κ2) is 7.72. The molecule has 0 saturated heterocycles. The highest BCUT2D eigenvalue weighted by Gasteiger charge is 2.27. The summed E-state index contributed by atoms with van der Waals surface area (Å²) in [6, 6.07) is 36.2. The minimum absolute atomic E-state index is 0.869. The van der Waals surface area contributed by atoms with Crippen LogP contribution in [-0.2, 0) is 0 Å². The van der Waals surface area contributed by atoms with Gasteiger partial charge in [-0.25, -0.2) is 0 Å². The maximum Gasteiger partial charge on any atom is 0.0887 e. The molecular weight excluding hydrogens is 434 g/mol. The lowest BCUT2D eigenvalue weighted by Crippen LogP contribution is -1.99. The summed E-state index contributed by atoms with van der Waals surface area (Å²) in [7, 11) is 0. The number of para-hydroxylation sites is 1. The maximum atomic E-state index is 4.80. The molecule has 0 atom stereocenters. The fourth-order valence-corrected chi connectivity index (χ4v) is 5.94. The second-order valence-electron chi connectivity index (χ2n) is 8.29. The molecule has 0 saturated carbocycles. The van der Waals surface area contributed by atoms with Crippen molar-refractivity contribution in [3.8, 4) is 39.5 Å². The van der Waals surface area contributed by atoms with Crippen molar-refractivity contribution in [2.75, 3.05) is 0 Å². The number of benzene rings is 3. The molecule has 0 N–H and O–H groups in total. The summed E-state index contributed by atoms with van der Waals surface area (Å²) in [5, 5.41) is 1.25. The van der Waals surface area contributed by atoms with E-state index >= 15 is 0 Å². The van der Waals surface area contributed by atoms with Crippen LogP contribution in [0.3, 0.4) is 0 Å². The summed E-state index contributed by atoms with van der Waals surface area (Å²) >= 11 is 1.84. The van der Waals surface area contributed by atoms with E-state index in [1.54, 1.807) is 6.20 Å². The first-order valence-electron chi connectivity index (χ1n) is 11.3. The summed E-state index contributed by atoms with van der Waals surface area (Å²) in [6.45, 7) is 0. The molecule has 1 aliphatic rings. The first kappa shape index (κ1) is 19.3. The van der Waals surface area contributed by atoms with Gasteiger partial charge in [-0.2, -0.15) is 0 Å². The highest BCUT2D eigenvalue weighted by Crippen LogP contribution is 2.52. The van der Waals surface area contributed by atoms with Crippen molar-refractivity contribution < 1.29 is 0 Å². The molecule has 0 fully saturated rings. The zero-order valence-corrected chi connectivity index (χ0v) is 19.0. The molecule has 4 heteroatoms. The molecule has 3 aromatic heterocycles. The summed E-state index contributed by atoms with van der Waals surface area (Å²) in [5.74, 6) is 0. The quantitative estimate of drug-likeness (QED) is 0.267. The van der Waals surface area contributed by atoms with Gasteiger partial charge in [0.2, 0.25) is 0 Å². The number of nitrogens with zero attached hydrogens (tertiary/aromatic N) is 3. The van der Waals surface area contributed by atoms with Gasteiger partial charge in [-0.3, -0.25) is 9.97 Å². The van der Waals surface area contributed by atoms with Crippen LogP contribution >= 0.6 is 11.8 Å². The zero-order valence-electron chi connectivity index (χ0n) is 18.2. The van der Waals surface area contributed by atoms with E-state index in [-0.39, 0.29) is 0 Å². The molecule has 3 aromatic carbocycles. The SMILES string of the molecule is c1ccc(-c2ccc(-n3c4c(c5ccccc53)-c3ccccc3Sc3ccccc3-4)cn2)nc1. The summed E-state index contributed by atoms with van der Waals surface area (Å²) in [6.07, 6.45) is 3.76. The van der Waals surface area contributed by atoms with Gasteiger partial charge < -0.3 is 4.57 Å². The largest absolute Gasteiger partial charge is 0.307 e. The van der Waals surface area contributed by atoms with Crippen LogP contribution in [0.1, 0.15) is 0 Å². The normalized spacial score (nSPS) is 12.0. The summed E-state index contributed by atoms with van der Waals surface area (Å²) in [5.41, 5.74) is 8.95. The third-order valence-electron chi connectivity index (χ3n) is 6.33. The van der Waals surface area contributed by atoms with Crippen LogP contribution in [0.5, 0.6) is 0 Å². The Labute approximate surface area is 201 Å². The van der Waals surface area contributed by atoms with Crippen LogP contribution in [0, 0.1) is 0 Å². The lowest BCUT2D eigenvalue weighted by atomic mass is 9.98. The minimum Gasteiger partial charge on any atom is -0.307 e. The Morgan fingerprint density at radius 1 is 0.588 bits per heavy atom. The van der Waals surface area contributed by atoms with Gasteiger partial charge in [0.1, 0.15) is 0 Å². The molecule has 0 unspecified atom stereocenters. The van der Waals surface area contributed by atoms with Crippen LogP contribution in [0.15, 0.2) is 125 Å². The molecule has 0 aliphatic carbocycles. The summed E-state index contributed by atoms with van der Waals surface area (Å²) < 4.78 is 2.36. The number of pyridine rings is 2.